The molecule has 526 valence electrons. The second kappa shape index (κ2) is 31.9. The number of nitrogens with zero attached hydrogens (tertiary/aromatic N) is 2. The van der Waals surface area contributed by atoms with Gasteiger partial charge >= 0.3 is 0 Å². The predicted molar refractivity (Wildman–Crippen MR) is 317 cm³/mol. The van der Waals surface area contributed by atoms with E-state index in [9.17, 15) is 91.3 Å². The van der Waals surface area contributed by atoms with Crippen LogP contribution in [0.3, 0.4) is 0 Å². The zero-order valence-corrected chi connectivity index (χ0v) is 51.4. The Balaban J connectivity index is 0.738. The molecule has 2 aromatic heterocycles. The molecule has 8 unspecified atom stereocenters. The minimum absolute atomic E-state index is 0.0117. The zero-order chi connectivity index (χ0) is 67.4. The van der Waals surface area contributed by atoms with Gasteiger partial charge in [-0.25, -0.2) is 8.78 Å². The normalized spacial score (nSPS) is 36.5. The molecule has 10 rings (SSSR count). The first-order valence-corrected chi connectivity index (χ1v) is 32.0. The lowest BCUT2D eigenvalue weighted by Gasteiger charge is -2.45. The van der Waals surface area contributed by atoms with Gasteiger partial charge in [-0.05, 0) is 98.9 Å². The van der Waals surface area contributed by atoms with Crippen LogP contribution in [0.1, 0.15) is 75.3 Å². The summed E-state index contributed by atoms with van der Waals surface area (Å²) in [5, 5.41) is 168. The first kappa shape index (κ1) is 72.1. The Morgan fingerprint density at radius 3 is 1.19 bits per heavy atom. The maximum atomic E-state index is 15.0. The summed E-state index contributed by atoms with van der Waals surface area (Å²) in [5.41, 5.74) is 3.22. The van der Waals surface area contributed by atoms with Crippen LogP contribution in [0.5, 0.6) is 0 Å². The first-order chi connectivity index (χ1) is 45.0. The average molecular weight is 1340 g/mol. The van der Waals surface area contributed by atoms with Crippen molar-refractivity contribution >= 4 is 33.6 Å². The number of likely N-dealkylation sites (tertiary alicyclic amines) is 2. The standard InChI is InChI=1S/C62H88F2N4O26/c63-27-9-11-33-35(19-29-17-31(73)21-67(29)43(75)7-3-1-5-13-87-59-55(85)51(81)57(41(25-71)91-59)93-61-53(83)49(79)47(77)39(23-69)89-61)45(65-37(33)15-27)46-36(34-12-10-28(64)16-38(34)66-46)20-30-18-32(74)22-68(30)44(76)8-4-2-6-14-88-60-56(86)52(82)58(42(26-72)92-60)94-62-54(84)50(80)48(78)40(24-70)90-62/h9-12,15-16,29-32,39-42,47-62,65-66,69-74,77-86H,1-8,13-14,17-26H2/t29-,30-,31-,32-,39?,40?,41?,42?,47-,48-,49-,50-,51+,52+,53?,54?,55?,56?,57+,58+,59+,60+,61-,62-/m0/s1. The third-order valence-electron chi connectivity index (χ3n) is 18.8. The number of β-amino-alcohol motifs (C(OH)–C–C–N with tert-alkyl or cyclic N) is 2. The number of benzene rings is 2. The van der Waals surface area contributed by atoms with Gasteiger partial charge < -0.3 is 139 Å². The summed E-state index contributed by atoms with van der Waals surface area (Å²) in [4.78, 5) is 38.2. The molecule has 2 amide bonds. The summed E-state index contributed by atoms with van der Waals surface area (Å²) < 4.78 is 74.9. The fourth-order valence-electron chi connectivity index (χ4n) is 13.7. The number of aromatic nitrogens is 2. The summed E-state index contributed by atoms with van der Waals surface area (Å²) in [5.74, 6) is -1.54. The van der Waals surface area contributed by atoms with Crippen LogP contribution < -0.4 is 0 Å². The van der Waals surface area contributed by atoms with Crippen LogP contribution >= 0.6 is 0 Å². The summed E-state index contributed by atoms with van der Waals surface area (Å²) in [6, 6.07) is 7.46. The van der Waals surface area contributed by atoms with Gasteiger partial charge in [-0.2, -0.15) is 0 Å². The average Bonchev–Trinajstić information content (AvgIpc) is 1.56. The van der Waals surface area contributed by atoms with Crippen LogP contribution in [-0.2, 0) is 60.3 Å². The Kier molecular flexibility index (Phi) is 24.5. The van der Waals surface area contributed by atoms with Crippen LogP contribution in [0.25, 0.3) is 33.2 Å². The second-order valence-corrected chi connectivity index (χ2v) is 25.3. The minimum Gasteiger partial charge on any atom is -0.394 e. The molecule has 6 aliphatic heterocycles. The van der Waals surface area contributed by atoms with Gasteiger partial charge in [-0.1, -0.05) is 12.8 Å². The number of rotatable bonds is 27. The Morgan fingerprint density at radius 2 is 0.819 bits per heavy atom. The SMILES string of the molecule is O=C(CCCCCO[C@@H]1OC(CO)[C@@H](O[C@@H]2OC(CO)[C@H](O)[C@H](O)C2O)[C@H](O)C1O)N1C[C@@H](O)C[C@H]1Cc1c(-c2[nH]c3cc(F)ccc3c2C[C@@H]2C[C@H](O)CN2C(=O)CCCCCO[C@@H]2OC(CO)[C@@H](O[C@@H]3OC(CO)[C@H](O)[C@H](O)C3O)[C@H](O)C2O)[nH]c2cc(F)ccc12. The van der Waals surface area contributed by atoms with Crippen LogP contribution in [0.4, 0.5) is 8.78 Å². The number of halogens is 2. The van der Waals surface area contributed by atoms with E-state index < -0.39 is 185 Å². The highest BCUT2D eigenvalue weighted by molar-refractivity contribution is 5.96. The molecule has 0 saturated carbocycles. The van der Waals surface area contributed by atoms with Gasteiger partial charge in [0, 0.05) is 73.0 Å². The molecular formula is C62H88F2N4O26. The van der Waals surface area contributed by atoms with Crippen molar-refractivity contribution in [3.63, 3.8) is 0 Å². The molecule has 2 aromatic carbocycles. The van der Waals surface area contributed by atoms with Gasteiger partial charge in [0.05, 0.1) is 50.0 Å². The van der Waals surface area contributed by atoms with Crippen molar-refractivity contribution in [2.75, 3.05) is 52.7 Å². The smallest absolute Gasteiger partial charge is 0.222 e. The van der Waals surface area contributed by atoms with Crippen LogP contribution in [0, 0.1) is 11.6 Å². The first-order valence-electron chi connectivity index (χ1n) is 32.0. The minimum atomic E-state index is -1.83. The van der Waals surface area contributed by atoms with E-state index in [0.717, 1.165) is 0 Å². The van der Waals surface area contributed by atoms with Crippen molar-refractivity contribution in [1.82, 2.24) is 19.8 Å². The Hall–Kier alpha value is -4.64. The number of aliphatic hydroxyl groups is 16. The zero-order valence-electron chi connectivity index (χ0n) is 51.4. The molecule has 30 nitrogen and oxygen atoms in total. The number of carbonyl (C=O) groups excluding carboxylic acids is 2. The number of fused-ring (bicyclic) bond motifs is 2. The molecule has 6 aliphatic rings. The Morgan fingerprint density at radius 1 is 0.457 bits per heavy atom. The highest BCUT2D eigenvalue weighted by Crippen LogP contribution is 2.41. The van der Waals surface area contributed by atoms with Crippen molar-refractivity contribution in [2.24, 2.45) is 0 Å². The van der Waals surface area contributed by atoms with Crippen LogP contribution in [0.2, 0.25) is 0 Å². The van der Waals surface area contributed by atoms with E-state index in [1.165, 1.54) is 24.3 Å². The molecule has 18 N–H and O–H groups in total. The predicted octanol–water partition coefficient (Wildman–Crippen LogP) is -3.99. The topological polar surface area (TPSA) is 470 Å². The lowest BCUT2D eigenvalue weighted by molar-refractivity contribution is -0.359. The number of unbranched alkanes of at least 4 members (excludes halogenated alkanes) is 4. The molecule has 0 radical (unpaired) electrons. The van der Waals surface area contributed by atoms with Gasteiger partial charge in [-0.15, -0.1) is 0 Å². The number of H-pyrrole nitrogens is 2. The fourth-order valence-corrected chi connectivity index (χ4v) is 13.7. The molecule has 94 heavy (non-hydrogen) atoms. The molecule has 6 fully saturated rings. The summed E-state index contributed by atoms with van der Waals surface area (Å²) in [6.45, 7) is -2.91. The second-order valence-electron chi connectivity index (χ2n) is 25.3. The van der Waals surface area contributed by atoms with E-state index >= 15 is 8.78 Å². The molecule has 32 heteroatoms. The number of aliphatic hydroxyl groups excluding tert-OH is 16. The monoisotopic (exact) mass is 1340 g/mol. The van der Waals surface area contributed by atoms with E-state index in [-0.39, 0.29) is 76.6 Å². The fraction of sp³-hybridized carbons (Fsp3) is 0.710. The highest BCUT2D eigenvalue weighted by Gasteiger charge is 2.53. The lowest BCUT2D eigenvalue weighted by Crippen LogP contribution is -2.64. The van der Waals surface area contributed by atoms with E-state index in [1.54, 1.807) is 21.9 Å². The van der Waals surface area contributed by atoms with E-state index in [0.29, 0.717) is 82.8 Å². The molecule has 4 aromatic rings. The summed E-state index contributed by atoms with van der Waals surface area (Å²) >= 11 is 0. The molecule has 8 heterocycles. The molecule has 0 aliphatic carbocycles. The van der Waals surface area contributed by atoms with E-state index in [1.807, 2.05) is 0 Å². The maximum Gasteiger partial charge on any atom is 0.222 e. The quantitative estimate of drug-likeness (QED) is 0.0253. The number of ether oxygens (including phenoxy) is 8. The number of nitrogens with one attached hydrogen (secondary N) is 2. The lowest BCUT2D eigenvalue weighted by atomic mass is 9.95. The van der Waals surface area contributed by atoms with Crippen molar-refractivity contribution in [3.05, 3.63) is 59.2 Å². The van der Waals surface area contributed by atoms with Crippen LogP contribution in [-0.4, -0.2) is 313 Å². The van der Waals surface area contributed by atoms with Gasteiger partial charge in [-0.3, -0.25) is 9.59 Å². The van der Waals surface area contributed by atoms with Gasteiger partial charge in [0.15, 0.2) is 25.2 Å². The van der Waals surface area contributed by atoms with Crippen molar-refractivity contribution in [3.8, 4) is 11.4 Å². The summed E-state index contributed by atoms with van der Waals surface area (Å²) in [6.07, 6.45) is -30.5. The van der Waals surface area contributed by atoms with E-state index in [4.69, 9.17) is 37.9 Å². The van der Waals surface area contributed by atoms with Gasteiger partial charge in [0.2, 0.25) is 11.8 Å². The number of hydrogen-bond donors (Lipinski definition) is 18. The maximum absolute atomic E-state index is 15.0. The summed E-state index contributed by atoms with van der Waals surface area (Å²) in [7, 11) is 0. The van der Waals surface area contributed by atoms with E-state index in [2.05, 4.69) is 9.97 Å². The number of hydrogen-bond acceptors (Lipinski definition) is 26. The van der Waals surface area contributed by atoms with Crippen molar-refractivity contribution in [1.29, 1.82) is 0 Å². The largest absolute Gasteiger partial charge is 0.394 e. The molecule has 0 spiro atoms. The van der Waals surface area contributed by atoms with Gasteiger partial charge in [0.25, 0.3) is 0 Å². The molecule has 6 saturated heterocycles. The number of aromatic amines is 2. The Bertz CT molecular complexity index is 2920. The van der Waals surface area contributed by atoms with Crippen LogP contribution in [0.15, 0.2) is 36.4 Å². The number of carbonyl (C=O) groups is 2. The molecule has 0 bridgehead atoms. The third kappa shape index (κ3) is 15.8. The molecule has 24 atom stereocenters. The Labute approximate surface area is 537 Å². The highest BCUT2D eigenvalue weighted by atomic mass is 19.1. The van der Waals surface area contributed by atoms with Crippen molar-refractivity contribution < 1.29 is 138 Å². The third-order valence-corrected chi connectivity index (χ3v) is 18.8. The number of amides is 2. The van der Waals surface area contributed by atoms with Gasteiger partial charge in [0.1, 0.15) is 109 Å². The molecular weight excluding hydrogens is 1250 g/mol. The van der Waals surface area contributed by atoms with Crippen molar-refractivity contribution in [2.45, 2.75) is 224 Å².